The van der Waals surface area contributed by atoms with E-state index in [-0.39, 0.29) is 0 Å². The molecule has 1 unspecified atom stereocenters. The second kappa shape index (κ2) is 8.28. The lowest BCUT2D eigenvalue weighted by Crippen LogP contribution is -2.31. The largest absolute Gasteiger partial charge is 0.494 e. The topological polar surface area (TPSA) is 24.5 Å². The van der Waals surface area contributed by atoms with Crippen LogP contribution in [0.25, 0.3) is 0 Å². The van der Waals surface area contributed by atoms with Crippen LogP contribution in [0.4, 0.5) is 0 Å². The quantitative estimate of drug-likeness (QED) is 0.790. The highest BCUT2D eigenvalue weighted by molar-refractivity contribution is 5.28. The zero-order chi connectivity index (χ0) is 14.2. The van der Waals surface area contributed by atoms with Crippen LogP contribution in [0, 0.1) is 5.92 Å². The average Bonchev–Trinajstić information content (AvgIpc) is 2.92. The van der Waals surface area contributed by atoms with E-state index in [1.807, 2.05) is 13.0 Å². The summed E-state index contributed by atoms with van der Waals surface area (Å²) in [5.41, 5.74) is 1.30. The van der Waals surface area contributed by atoms with Crippen molar-refractivity contribution in [3.05, 3.63) is 29.8 Å². The minimum atomic E-state index is 0.711. The summed E-state index contributed by atoms with van der Waals surface area (Å²) in [7, 11) is 0. The molecule has 3 nitrogen and oxygen atoms in total. The summed E-state index contributed by atoms with van der Waals surface area (Å²) in [5.74, 6) is 1.68. The van der Waals surface area contributed by atoms with Crippen molar-refractivity contribution in [2.75, 3.05) is 32.8 Å². The number of nitrogens with zero attached hydrogens (tertiary/aromatic N) is 1. The molecule has 1 aromatic carbocycles. The molecule has 20 heavy (non-hydrogen) atoms. The second-order valence-electron chi connectivity index (χ2n) is 5.82. The number of likely N-dealkylation sites (tertiary alicyclic amines) is 1. The van der Waals surface area contributed by atoms with Gasteiger partial charge in [-0.3, -0.25) is 0 Å². The number of benzene rings is 1. The summed E-state index contributed by atoms with van der Waals surface area (Å²) in [6.45, 7) is 10.9. The normalized spacial score (nSPS) is 17.3. The highest BCUT2D eigenvalue weighted by atomic mass is 16.5. The Hall–Kier alpha value is -1.06. The van der Waals surface area contributed by atoms with E-state index in [2.05, 4.69) is 35.3 Å². The van der Waals surface area contributed by atoms with Crippen molar-refractivity contribution in [3.63, 3.8) is 0 Å². The minimum absolute atomic E-state index is 0.711. The number of rotatable bonds is 8. The number of hydrogen-bond acceptors (Lipinski definition) is 3. The van der Waals surface area contributed by atoms with Crippen LogP contribution in [0.3, 0.4) is 0 Å². The van der Waals surface area contributed by atoms with Gasteiger partial charge in [0, 0.05) is 13.1 Å². The molecule has 1 fully saturated rings. The van der Waals surface area contributed by atoms with E-state index in [1.165, 1.54) is 38.0 Å². The van der Waals surface area contributed by atoms with E-state index in [1.54, 1.807) is 0 Å². The zero-order valence-corrected chi connectivity index (χ0v) is 12.9. The summed E-state index contributed by atoms with van der Waals surface area (Å²) < 4.78 is 5.53. The maximum atomic E-state index is 5.53. The molecular formula is C17H28N2O. The molecule has 0 spiro atoms. The van der Waals surface area contributed by atoms with Gasteiger partial charge in [0.1, 0.15) is 5.75 Å². The number of nitrogens with one attached hydrogen (secondary N) is 1. The molecule has 0 bridgehead atoms. The maximum absolute atomic E-state index is 5.53. The molecule has 1 aliphatic heterocycles. The van der Waals surface area contributed by atoms with Gasteiger partial charge in [-0.2, -0.15) is 0 Å². The molecule has 3 heteroatoms. The smallest absolute Gasteiger partial charge is 0.119 e. The van der Waals surface area contributed by atoms with Crippen LogP contribution in [0.2, 0.25) is 0 Å². The van der Waals surface area contributed by atoms with Crippen LogP contribution in [0.5, 0.6) is 5.75 Å². The lowest BCUT2D eigenvalue weighted by molar-refractivity contribution is 0.282. The summed E-state index contributed by atoms with van der Waals surface area (Å²) in [6.07, 6.45) is 2.76. The molecule has 2 rings (SSSR count). The molecule has 1 aliphatic rings. The van der Waals surface area contributed by atoms with E-state index in [4.69, 9.17) is 4.74 Å². The van der Waals surface area contributed by atoms with Gasteiger partial charge in [-0.25, -0.2) is 0 Å². The minimum Gasteiger partial charge on any atom is -0.494 e. The Morgan fingerprint density at radius 1 is 1.30 bits per heavy atom. The highest BCUT2D eigenvalue weighted by Gasteiger charge is 2.14. The fourth-order valence-electron chi connectivity index (χ4n) is 2.85. The van der Waals surface area contributed by atoms with E-state index in [9.17, 15) is 0 Å². The van der Waals surface area contributed by atoms with Gasteiger partial charge in [-0.05, 0) is 63.0 Å². The van der Waals surface area contributed by atoms with Gasteiger partial charge in [0.05, 0.1) is 6.61 Å². The summed E-state index contributed by atoms with van der Waals surface area (Å²) in [6, 6.07) is 8.36. The van der Waals surface area contributed by atoms with Gasteiger partial charge in [0.2, 0.25) is 0 Å². The summed E-state index contributed by atoms with van der Waals surface area (Å²) in [5, 5.41) is 3.56. The summed E-state index contributed by atoms with van der Waals surface area (Å²) in [4.78, 5) is 2.59. The first-order chi connectivity index (χ1) is 9.78. The van der Waals surface area contributed by atoms with Crippen molar-refractivity contribution in [3.8, 4) is 5.75 Å². The fourth-order valence-corrected chi connectivity index (χ4v) is 2.85. The molecular weight excluding hydrogens is 248 g/mol. The lowest BCUT2D eigenvalue weighted by Gasteiger charge is -2.20. The molecule has 1 aromatic rings. The first kappa shape index (κ1) is 15.3. The van der Waals surface area contributed by atoms with Crippen LogP contribution in [-0.4, -0.2) is 37.7 Å². The molecule has 0 amide bonds. The van der Waals surface area contributed by atoms with Crippen LogP contribution < -0.4 is 10.1 Å². The average molecular weight is 276 g/mol. The first-order valence-corrected chi connectivity index (χ1v) is 7.92. The second-order valence-corrected chi connectivity index (χ2v) is 5.82. The third kappa shape index (κ3) is 5.14. The molecule has 1 atom stereocenters. The Kier molecular flexibility index (Phi) is 6.34. The molecule has 0 saturated carbocycles. The third-order valence-corrected chi connectivity index (χ3v) is 3.80. The Bertz CT molecular complexity index is 388. The van der Waals surface area contributed by atoms with Crippen molar-refractivity contribution in [1.82, 2.24) is 10.2 Å². The van der Waals surface area contributed by atoms with Gasteiger partial charge in [-0.1, -0.05) is 19.1 Å². The molecule has 112 valence electrons. The summed E-state index contributed by atoms with van der Waals surface area (Å²) >= 11 is 0. The first-order valence-electron chi connectivity index (χ1n) is 7.92. The Balaban J connectivity index is 1.67. The maximum Gasteiger partial charge on any atom is 0.119 e. The van der Waals surface area contributed by atoms with Gasteiger partial charge in [-0.15, -0.1) is 0 Å². The van der Waals surface area contributed by atoms with Crippen molar-refractivity contribution in [1.29, 1.82) is 0 Å². The van der Waals surface area contributed by atoms with Crippen molar-refractivity contribution < 1.29 is 4.74 Å². The highest BCUT2D eigenvalue weighted by Crippen LogP contribution is 2.13. The van der Waals surface area contributed by atoms with E-state index in [0.29, 0.717) is 5.92 Å². The standard InChI is InChI=1S/C17H28N2O/c1-3-20-17-8-6-7-16(11-17)13-18-12-15(2)14-19-9-4-5-10-19/h6-8,11,15,18H,3-5,9-10,12-14H2,1-2H3. The van der Waals surface area contributed by atoms with Gasteiger partial charge >= 0.3 is 0 Å². The van der Waals surface area contributed by atoms with Crippen molar-refractivity contribution >= 4 is 0 Å². The van der Waals surface area contributed by atoms with Crippen LogP contribution in [0.1, 0.15) is 32.3 Å². The van der Waals surface area contributed by atoms with Crippen molar-refractivity contribution in [2.24, 2.45) is 5.92 Å². The molecule has 0 radical (unpaired) electrons. The number of ether oxygens (including phenoxy) is 1. The molecule has 1 N–H and O–H groups in total. The van der Waals surface area contributed by atoms with E-state index < -0.39 is 0 Å². The fraction of sp³-hybridized carbons (Fsp3) is 0.647. The Labute approximate surface area is 123 Å². The van der Waals surface area contributed by atoms with Gasteiger partial charge in [0.25, 0.3) is 0 Å². The molecule has 1 saturated heterocycles. The van der Waals surface area contributed by atoms with Crippen LogP contribution in [0.15, 0.2) is 24.3 Å². The van der Waals surface area contributed by atoms with E-state index in [0.717, 1.165) is 25.4 Å². The number of hydrogen-bond donors (Lipinski definition) is 1. The Morgan fingerprint density at radius 2 is 2.10 bits per heavy atom. The SMILES string of the molecule is CCOc1cccc(CNCC(C)CN2CCCC2)c1. The Morgan fingerprint density at radius 3 is 2.85 bits per heavy atom. The van der Waals surface area contributed by atoms with Crippen LogP contribution in [-0.2, 0) is 6.54 Å². The third-order valence-electron chi connectivity index (χ3n) is 3.80. The molecule has 0 aliphatic carbocycles. The molecule has 0 aromatic heterocycles. The zero-order valence-electron chi connectivity index (χ0n) is 12.9. The lowest BCUT2D eigenvalue weighted by atomic mass is 10.1. The van der Waals surface area contributed by atoms with Crippen molar-refractivity contribution in [2.45, 2.75) is 33.2 Å². The van der Waals surface area contributed by atoms with Gasteiger partial charge in [0.15, 0.2) is 0 Å². The van der Waals surface area contributed by atoms with Gasteiger partial charge < -0.3 is 15.0 Å². The monoisotopic (exact) mass is 276 g/mol. The van der Waals surface area contributed by atoms with E-state index >= 15 is 0 Å². The predicted molar refractivity (Wildman–Crippen MR) is 84.2 cm³/mol. The van der Waals surface area contributed by atoms with Crippen LogP contribution >= 0.6 is 0 Å². The predicted octanol–water partition coefficient (Wildman–Crippen LogP) is 2.91. The molecule has 1 heterocycles.